The Hall–Kier alpha value is -0.610. The first-order valence-corrected chi connectivity index (χ1v) is 5.23. The zero-order valence-corrected chi connectivity index (χ0v) is 8.70. The van der Waals surface area contributed by atoms with Crippen molar-refractivity contribution in [1.29, 1.82) is 0 Å². The van der Waals surface area contributed by atoms with Crippen molar-refractivity contribution in [2.45, 2.75) is 44.6 Å². The van der Waals surface area contributed by atoms with Crippen LogP contribution in [0.4, 0.5) is 0 Å². The molecule has 1 aliphatic rings. The molecule has 14 heavy (non-hydrogen) atoms. The van der Waals surface area contributed by atoms with Gasteiger partial charge in [-0.3, -0.25) is 4.84 Å². The Morgan fingerprint density at radius 2 is 1.86 bits per heavy atom. The Morgan fingerprint density at radius 3 is 2.29 bits per heavy atom. The average Bonchev–Trinajstić information content (AvgIpc) is 2.47. The molecule has 2 N–H and O–H groups in total. The standard InChI is InChI=1S/C10H19NO3/c1-13-10(12)9(14-11)8-6-4-2-3-5-7-8/h8-9H,2-7,11H2,1H3. The van der Waals surface area contributed by atoms with Gasteiger partial charge in [0.15, 0.2) is 6.10 Å². The zero-order valence-electron chi connectivity index (χ0n) is 8.70. The van der Waals surface area contributed by atoms with Crippen molar-refractivity contribution in [3.63, 3.8) is 0 Å². The number of methoxy groups -OCH3 is 1. The molecule has 0 spiro atoms. The summed E-state index contributed by atoms with van der Waals surface area (Å²) >= 11 is 0. The second-order valence-electron chi connectivity index (χ2n) is 3.83. The predicted molar refractivity (Wildman–Crippen MR) is 52.3 cm³/mol. The molecule has 82 valence electrons. The van der Waals surface area contributed by atoms with Crippen molar-refractivity contribution in [3.05, 3.63) is 0 Å². The van der Waals surface area contributed by atoms with Crippen LogP contribution in [-0.4, -0.2) is 19.2 Å². The largest absolute Gasteiger partial charge is 0.467 e. The number of ether oxygens (including phenoxy) is 1. The SMILES string of the molecule is COC(=O)C(ON)C1CCCCCC1. The molecule has 1 aliphatic carbocycles. The Labute approximate surface area is 84.7 Å². The number of hydrogen-bond donors (Lipinski definition) is 1. The van der Waals surface area contributed by atoms with Gasteiger partial charge >= 0.3 is 5.97 Å². The first-order chi connectivity index (χ1) is 6.79. The van der Waals surface area contributed by atoms with Gasteiger partial charge in [-0.25, -0.2) is 10.7 Å². The van der Waals surface area contributed by atoms with E-state index in [-0.39, 0.29) is 11.9 Å². The number of nitrogens with two attached hydrogens (primary N) is 1. The van der Waals surface area contributed by atoms with Crippen LogP contribution in [0, 0.1) is 5.92 Å². The third kappa shape index (κ3) is 2.96. The highest BCUT2D eigenvalue weighted by Gasteiger charge is 2.30. The highest BCUT2D eigenvalue weighted by molar-refractivity contribution is 5.74. The summed E-state index contributed by atoms with van der Waals surface area (Å²) in [5, 5.41) is 0. The van der Waals surface area contributed by atoms with Crippen molar-refractivity contribution in [2.24, 2.45) is 11.8 Å². The lowest BCUT2D eigenvalue weighted by molar-refractivity contribution is -0.159. The van der Waals surface area contributed by atoms with Gasteiger partial charge in [-0.05, 0) is 18.8 Å². The van der Waals surface area contributed by atoms with E-state index in [4.69, 9.17) is 10.7 Å². The molecule has 1 saturated carbocycles. The normalized spacial score (nSPS) is 21.3. The first kappa shape index (κ1) is 11.5. The Morgan fingerprint density at radius 1 is 1.29 bits per heavy atom. The van der Waals surface area contributed by atoms with Crippen LogP contribution in [0.5, 0.6) is 0 Å². The summed E-state index contributed by atoms with van der Waals surface area (Å²) in [6, 6.07) is 0. The number of carbonyl (C=O) groups excluding carboxylic acids is 1. The maximum atomic E-state index is 11.3. The fourth-order valence-corrected chi connectivity index (χ4v) is 2.09. The molecule has 4 nitrogen and oxygen atoms in total. The predicted octanol–water partition coefficient (Wildman–Crippen LogP) is 1.39. The van der Waals surface area contributed by atoms with E-state index < -0.39 is 6.10 Å². The van der Waals surface area contributed by atoms with Gasteiger partial charge in [0.05, 0.1) is 7.11 Å². The molecule has 1 fully saturated rings. The van der Waals surface area contributed by atoms with Gasteiger partial charge in [-0.15, -0.1) is 0 Å². The molecule has 0 heterocycles. The third-order valence-electron chi connectivity index (χ3n) is 2.91. The van der Waals surface area contributed by atoms with E-state index in [0.717, 1.165) is 25.7 Å². The van der Waals surface area contributed by atoms with Crippen molar-refractivity contribution in [2.75, 3.05) is 7.11 Å². The molecule has 0 aromatic heterocycles. The topological polar surface area (TPSA) is 61.5 Å². The number of carbonyl (C=O) groups is 1. The molecular weight excluding hydrogens is 182 g/mol. The third-order valence-corrected chi connectivity index (χ3v) is 2.91. The second kappa shape index (κ2) is 5.98. The Bertz CT molecular complexity index is 176. The van der Waals surface area contributed by atoms with E-state index in [9.17, 15) is 4.79 Å². The van der Waals surface area contributed by atoms with Gasteiger partial charge in [0.1, 0.15) is 0 Å². The van der Waals surface area contributed by atoms with Crippen LogP contribution < -0.4 is 5.90 Å². The highest BCUT2D eigenvalue weighted by Crippen LogP contribution is 2.26. The van der Waals surface area contributed by atoms with Crippen LogP contribution in [0.25, 0.3) is 0 Å². The number of hydrogen-bond acceptors (Lipinski definition) is 4. The van der Waals surface area contributed by atoms with Gasteiger partial charge < -0.3 is 4.74 Å². The maximum Gasteiger partial charge on any atom is 0.337 e. The molecule has 4 heteroatoms. The van der Waals surface area contributed by atoms with Crippen molar-refractivity contribution in [3.8, 4) is 0 Å². The van der Waals surface area contributed by atoms with Gasteiger partial charge in [0.25, 0.3) is 0 Å². The molecular formula is C10H19NO3. The molecule has 1 atom stereocenters. The Balaban J connectivity index is 2.52. The van der Waals surface area contributed by atoms with Crippen LogP contribution in [0.2, 0.25) is 0 Å². The second-order valence-corrected chi connectivity index (χ2v) is 3.83. The van der Waals surface area contributed by atoms with E-state index in [2.05, 4.69) is 4.74 Å². The quantitative estimate of drug-likeness (QED) is 0.426. The summed E-state index contributed by atoms with van der Waals surface area (Å²) in [6.45, 7) is 0. The van der Waals surface area contributed by atoms with Crippen molar-refractivity contribution < 1.29 is 14.4 Å². The molecule has 0 aliphatic heterocycles. The first-order valence-electron chi connectivity index (χ1n) is 5.23. The van der Waals surface area contributed by atoms with Crippen LogP contribution in [0.3, 0.4) is 0 Å². The average molecular weight is 201 g/mol. The van der Waals surface area contributed by atoms with Gasteiger partial charge in [-0.2, -0.15) is 0 Å². The summed E-state index contributed by atoms with van der Waals surface area (Å²) in [6.07, 6.45) is 6.25. The molecule has 0 bridgehead atoms. The lowest BCUT2D eigenvalue weighted by Gasteiger charge is -2.21. The summed E-state index contributed by atoms with van der Waals surface area (Å²) in [5.41, 5.74) is 0. The minimum absolute atomic E-state index is 0.231. The molecule has 0 radical (unpaired) electrons. The van der Waals surface area contributed by atoms with Gasteiger partial charge in [0.2, 0.25) is 0 Å². The van der Waals surface area contributed by atoms with Gasteiger partial charge in [-0.1, -0.05) is 25.7 Å². The minimum atomic E-state index is -0.571. The maximum absolute atomic E-state index is 11.3. The van der Waals surface area contributed by atoms with E-state index in [1.54, 1.807) is 0 Å². The number of rotatable bonds is 3. The van der Waals surface area contributed by atoms with Crippen LogP contribution in [0.1, 0.15) is 38.5 Å². The molecule has 0 aromatic carbocycles. The molecule has 0 aromatic rings. The summed E-state index contributed by atoms with van der Waals surface area (Å²) < 4.78 is 4.65. The van der Waals surface area contributed by atoms with E-state index >= 15 is 0 Å². The van der Waals surface area contributed by atoms with Crippen molar-refractivity contribution >= 4 is 5.97 Å². The molecule has 1 unspecified atom stereocenters. The monoisotopic (exact) mass is 201 g/mol. The lowest BCUT2D eigenvalue weighted by atomic mass is 9.94. The van der Waals surface area contributed by atoms with Crippen LogP contribution >= 0.6 is 0 Å². The summed E-state index contributed by atoms with van der Waals surface area (Å²) in [5.74, 6) is 5.01. The van der Waals surface area contributed by atoms with Crippen LogP contribution in [-0.2, 0) is 14.4 Å². The molecule has 1 rings (SSSR count). The van der Waals surface area contributed by atoms with Crippen molar-refractivity contribution in [1.82, 2.24) is 0 Å². The van der Waals surface area contributed by atoms with E-state index in [1.165, 1.54) is 20.0 Å². The fraction of sp³-hybridized carbons (Fsp3) is 0.900. The number of esters is 1. The lowest BCUT2D eigenvalue weighted by Crippen LogP contribution is -2.35. The van der Waals surface area contributed by atoms with Crippen LogP contribution in [0.15, 0.2) is 0 Å². The minimum Gasteiger partial charge on any atom is -0.467 e. The van der Waals surface area contributed by atoms with E-state index in [1.807, 2.05) is 0 Å². The fourth-order valence-electron chi connectivity index (χ4n) is 2.09. The molecule has 0 saturated heterocycles. The Kier molecular flexibility index (Phi) is 4.90. The zero-order chi connectivity index (χ0) is 10.4. The summed E-state index contributed by atoms with van der Waals surface area (Å²) in [7, 11) is 1.37. The smallest absolute Gasteiger partial charge is 0.337 e. The molecule has 0 amide bonds. The highest BCUT2D eigenvalue weighted by atomic mass is 16.6. The van der Waals surface area contributed by atoms with Gasteiger partial charge in [0, 0.05) is 0 Å². The van der Waals surface area contributed by atoms with E-state index in [0.29, 0.717) is 0 Å². The summed E-state index contributed by atoms with van der Waals surface area (Å²) in [4.78, 5) is 16.1.